The van der Waals surface area contributed by atoms with E-state index in [0.29, 0.717) is 19.6 Å². The van der Waals surface area contributed by atoms with Gasteiger partial charge in [0.15, 0.2) is 0 Å². The van der Waals surface area contributed by atoms with E-state index in [9.17, 15) is 13.2 Å². The van der Waals surface area contributed by atoms with Crippen molar-refractivity contribution in [3.05, 3.63) is 28.8 Å². The zero-order valence-corrected chi connectivity index (χ0v) is 14.9. The molecule has 1 fully saturated rings. The molecule has 0 spiro atoms. The van der Waals surface area contributed by atoms with Gasteiger partial charge in [-0.3, -0.25) is 4.79 Å². The Hall–Kier alpha value is -1.11. The van der Waals surface area contributed by atoms with Crippen LogP contribution in [0.2, 0.25) is 5.02 Å². The van der Waals surface area contributed by atoms with Crippen molar-refractivity contribution < 1.29 is 13.2 Å². The van der Waals surface area contributed by atoms with Gasteiger partial charge in [0, 0.05) is 19.6 Å². The highest BCUT2D eigenvalue weighted by Gasteiger charge is 2.27. The number of amides is 1. The van der Waals surface area contributed by atoms with Gasteiger partial charge in [0.1, 0.15) is 0 Å². The van der Waals surface area contributed by atoms with E-state index >= 15 is 0 Å². The number of piperidine rings is 1. The summed E-state index contributed by atoms with van der Waals surface area (Å²) in [4.78, 5) is 12.3. The molecule has 0 aromatic heterocycles. The fraction of sp³-hybridized carbons (Fsp3) is 0.562. The van der Waals surface area contributed by atoms with Gasteiger partial charge in [0.2, 0.25) is 10.0 Å². The Bertz CT molecular complexity index is 655. The lowest BCUT2D eigenvalue weighted by Crippen LogP contribution is -2.35. The second-order valence-corrected chi connectivity index (χ2v) is 8.06. The van der Waals surface area contributed by atoms with E-state index < -0.39 is 10.0 Å². The topological polar surface area (TPSA) is 66.5 Å². The van der Waals surface area contributed by atoms with Crippen LogP contribution in [0.5, 0.6) is 0 Å². The molecule has 23 heavy (non-hydrogen) atoms. The summed E-state index contributed by atoms with van der Waals surface area (Å²) in [6.45, 7) is 3.64. The van der Waals surface area contributed by atoms with Gasteiger partial charge < -0.3 is 5.32 Å². The Kier molecular flexibility index (Phi) is 6.44. The van der Waals surface area contributed by atoms with E-state index in [1.54, 1.807) is 0 Å². The number of benzene rings is 1. The Balaban J connectivity index is 2.23. The Morgan fingerprint density at radius 2 is 1.96 bits per heavy atom. The predicted molar refractivity (Wildman–Crippen MR) is 91.3 cm³/mol. The molecule has 1 aliphatic heterocycles. The first kappa shape index (κ1) is 18.2. The second kappa shape index (κ2) is 8.13. The van der Waals surface area contributed by atoms with E-state index in [1.807, 2.05) is 6.92 Å². The Morgan fingerprint density at radius 1 is 1.26 bits per heavy atom. The maximum atomic E-state index is 12.7. The van der Waals surface area contributed by atoms with Gasteiger partial charge in [0.05, 0.1) is 15.5 Å². The fourth-order valence-corrected chi connectivity index (χ4v) is 4.31. The van der Waals surface area contributed by atoms with Crippen LogP contribution in [0.1, 0.15) is 49.4 Å². The molecule has 1 saturated heterocycles. The van der Waals surface area contributed by atoms with Crippen LogP contribution in [0, 0.1) is 0 Å². The summed E-state index contributed by atoms with van der Waals surface area (Å²) in [5.74, 6) is -0.334. The van der Waals surface area contributed by atoms with Crippen LogP contribution in [0.25, 0.3) is 0 Å². The molecule has 1 amide bonds. The zero-order valence-electron chi connectivity index (χ0n) is 13.3. The molecule has 128 valence electrons. The summed E-state index contributed by atoms with van der Waals surface area (Å²) >= 11 is 6.07. The quantitative estimate of drug-likeness (QED) is 0.795. The third-order valence-electron chi connectivity index (χ3n) is 3.95. The first-order valence-corrected chi connectivity index (χ1v) is 9.86. The lowest BCUT2D eigenvalue weighted by Gasteiger charge is -2.26. The van der Waals surface area contributed by atoms with Crippen LogP contribution < -0.4 is 5.32 Å². The van der Waals surface area contributed by atoms with Gasteiger partial charge in [-0.15, -0.1) is 0 Å². The fourth-order valence-electron chi connectivity index (χ4n) is 2.57. The minimum atomic E-state index is -3.57. The Morgan fingerprint density at radius 3 is 2.61 bits per heavy atom. The van der Waals surface area contributed by atoms with Crippen LogP contribution in [0.15, 0.2) is 23.1 Å². The second-order valence-electron chi connectivity index (χ2n) is 5.72. The normalized spacial score (nSPS) is 16.3. The first-order valence-electron chi connectivity index (χ1n) is 8.04. The minimum Gasteiger partial charge on any atom is -0.352 e. The van der Waals surface area contributed by atoms with Crippen LogP contribution in [-0.2, 0) is 10.0 Å². The maximum absolute atomic E-state index is 12.7. The van der Waals surface area contributed by atoms with Gasteiger partial charge in [-0.05, 0) is 37.5 Å². The number of sulfonamides is 1. The molecule has 0 bridgehead atoms. The van der Waals surface area contributed by atoms with E-state index in [1.165, 1.54) is 22.5 Å². The van der Waals surface area contributed by atoms with E-state index in [2.05, 4.69) is 5.32 Å². The van der Waals surface area contributed by atoms with Gasteiger partial charge in [-0.2, -0.15) is 4.31 Å². The third-order valence-corrected chi connectivity index (χ3v) is 6.18. The molecule has 7 heteroatoms. The largest absolute Gasteiger partial charge is 0.352 e. The molecule has 0 saturated carbocycles. The molecule has 0 radical (unpaired) electrons. The standard InChI is InChI=1S/C16H23ClN2O3S/c1-2-3-9-18-16(20)14-12-13(7-8-15(14)17)23(21,22)19-10-5-4-6-11-19/h7-8,12H,2-6,9-11H2,1H3,(H,18,20). The van der Waals surface area contributed by atoms with Crippen LogP contribution in [0.3, 0.4) is 0 Å². The highest BCUT2D eigenvalue weighted by Crippen LogP contribution is 2.25. The summed E-state index contributed by atoms with van der Waals surface area (Å²) in [5.41, 5.74) is 0.209. The first-order chi connectivity index (χ1) is 11.0. The molecule has 1 N–H and O–H groups in total. The number of hydrogen-bond acceptors (Lipinski definition) is 3. The molecule has 1 aliphatic rings. The van der Waals surface area contributed by atoms with Crippen molar-refractivity contribution in [3.63, 3.8) is 0 Å². The van der Waals surface area contributed by atoms with Crippen LogP contribution in [0.4, 0.5) is 0 Å². The molecule has 5 nitrogen and oxygen atoms in total. The van der Waals surface area contributed by atoms with Crippen LogP contribution in [-0.4, -0.2) is 38.3 Å². The van der Waals surface area contributed by atoms with Gasteiger partial charge in [-0.1, -0.05) is 31.4 Å². The average molecular weight is 359 g/mol. The minimum absolute atomic E-state index is 0.129. The monoisotopic (exact) mass is 358 g/mol. The molecule has 1 aromatic carbocycles. The molecule has 0 atom stereocenters. The van der Waals surface area contributed by atoms with Gasteiger partial charge in [-0.25, -0.2) is 8.42 Å². The molecule has 0 unspecified atom stereocenters. The number of nitrogens with zero attached hydrogens (tertiary/aromatic N) is 1. The van der Waals surface area contributed by atoms with Crippen molar-refractivity contribution in [3.8, 4) is 0 Å². The molecule has 0 aliphatic carbocycles. The smallest absolute Gasteiger partial charge is 0.252 e. The highest BCUT2D eigenvalue weighted by atomic mass is 35.5. The lowest BCUT2D eigenvalue weighted by atomic mass is 10.2. The van der Waals surface area contributed by atoms with Crippen molar-refractivity contribution in [1.82, 2.24) is 9.62 Å². The van der Waals surface area contributed by atoms with E-state index in [-0.39, 0.29) is 21.4 Å². The number of rotatable bonds is 6. The maximum Gasteiger partial charge on any atom is 0.252 e. The van der Waals surface area contributed by atoms with E-state index in [4.69, 9.17) is 11.6 Å². The third kappa shape index (κ3) is 4.46. The average Bonchev–Trinajstić information content (AvgIpc) is 2.56. The number of nitrogens with one attached hydrogen (secondary N) is 1. The molecule has 2 rings (SSSR count). The van der Waals surface area contributed by atoms with Crippen molar-refractivity contribution in [2.75, 3.05) is 19.6 Å². The number of hydrogen-bond donors (Lipinski definition) is 1. The van der Waals surface area contributed by atoms with E-state index in [0.717, 1.165) is 32.1 Å². The van der Waals surface area contributed by atoms with Crippen molar-refractivity contribution in [2.45, 2.75) is 43.9 Å². The molecule has 1 heterocycles. The summed E-state index contributed by atoms with van der Waals surface area (Å²) < 4.78 is 26.9. The predicted octanol–water partition coefficient (Wildman–Crippen LogP) is 3.04. The van der Waals surface area contributed by atoms with Crippen molar-refractivity contribution >= 4 is 27.5 Å². The Labute approximate surface area is 143 Å². The number of carbonyl (C=O) groups is 1. The van der Waals surface area contributed by atoms with Crippen molar-refractivity contribution in [1.29, 1.82) is 0 Å². The van der Waals surface area contributed by atoms with Gasteiger partial charge >= 0.3 is 0 Å². The van der Waals surface area contributed by atoms with Gasteiger partial charge in [0.25, 0.3) is 5.91 Å². The summed E-state index contributed by atoms with van der Waals surface area (Å²) in [5, 5.41) is 3.03. The lowest BCUT2D eigenvalue weighted by molar-refractivity contribution is 0.0953. The summed E-state index contributed by atoms with van der Waals surface area (Å²) in [6, 6.07) is 4.33. The SMILES string of the molecule is CCCCNC(=O)c1cc(S(=O)(=O)N2CCCCC2)ccc1Cl. The molecular weight excluding hydrogens is 336 g/mol. The number of halogens is 1. The van der Waals surface area contributed by atoms with Crippen LogP contribution >= 0.6 is 11.6 Å². The molecule has 1 aromatic rings. The zero-order chi connectivity index (χ0) is 16.9. The number of carbonyl (C=O) groups excluding carboxylic acids is 1. The van der Waals surface area contributed by atoms with Crippen molar-refractivity contribution in [2.24, 2.45) is 0 Å². The molecular formula is C16H23ClN2O3S. The number of unbranched alkanes of at least 4 members (excludes halogenated alkanes) is 1. The summed E-state index contributed by atoms with van der Waals surface area (Å²) in [7, 11) is -3.57. The highest BCUT2D eigenvalue weighted by molar-refractivity contribution is 7.89. The summed E-state index contributed by atoms with van der Waals surface area (Å²) in [6.07, 6.45) is 4.64.